The van der Waals surface area contributed by atoms with Crippen LogP contribution in [0.5, 0.6) is 0 Å². The molecule has 4 nitrogen and oxygen atoms in total. The molecule has 5 heteroatoms. The van der Waals surface area contributed by atoms with Gasteiger partial charge >= 0.3 is 0 Å². The summed E-state index contributed by atoms with van der Waals surface area (Å²) in [6.45, 7) is 11.2. The SMILES string of the molecule is CC(C)CN(CC(C)C)C(=O)C1CCN(C(=O)c2ccc(F)cc2)CC1. The molecule has 0 unspecified atom stereocenters. The number of piperidine rings is 1. The summed E-state index contributed by atoms with van der Waals surface area (Å²) in [5.74, 6) is 0.667. The minimum absolute atomic E-state index is 0.00947. The Morgan fingerprint density at radius 2 is 1.54 bits per heavy atom. The molecule has 1 aromatic carbocycles. The maximum atomic E-state index is 13.0. The van der Waals surface area contributed by atoms with E-state index in [1.807, 2.05) is 4.90 Å². The van der Waals surface area contributed by atoms with E-state index in [2.05, 4.69) is 27.7 Å². The smallest absolute Gasteiger partial charge is 0.253 e. The summed E-state index contributed by atoms with van der Waals surface area (Å²) in [5.41, 5.74) is 0.498. The third-order valence-corrected chi connectivity index (χ3v) is 4.71. The summed E-state index contributed by atoms with van der Waals surface area (Å²) in [4.78, 5) is 29.2. The van der Waals surface area contributed by atoms with Crippen LogP contribution >= 0.6 is 0 Å². The monoisotopic (exact) mass is 362 g/mol. The van der Waals surface area contributed by atoms with Gasteiger partial charge in [0.15, 0.2) is 0 Å². The average molecular weight is 362 g/mol. The Kier molecular flexibility index (Phi) is 7.18. The molecule has 0 atom stereocenters. The molecule has 1 aromatic rings. The zero-order valence-corrected chi connectivity index (χ0v) is 16.4. The van der Waals surface area contributed by atoms with Crippen molar-refractivity contribution in [3.63, 3.8) is 0 Å². The lowest BCUT2D eigenvalue weighted by Crippen LogP contribution is -2.46. The highest BCUT2D eigenvalue weighted by molar-refractivity contribution is 5.94. The van der Waals surface area contributed by atoms with Crippen LogP contribution in [0.2, 0.25) is 0 Å². The van der Waals surface area contributed by atoms with E-state index in [9.17, 15) is 14.0 Å². The molecule has 2 rings (SSSR count). The summed E-state index contributed by atoms with van der Waals surface area (Å²) in [6.07, 6.45) is 1.39. The van der Waals surface area contributed by atoms with Gasteiger partial charge in [0.2, 0.25) is 5.91 Å². The number of rotatable bonds is 6. The molecule has 144 valence electrons. The molecule has 1 aliphatic rings. The fourth-order valence-electron chi connectivity index (χ4n) is 3.50. The lowest BCUT2D eigenvalue weighted by Gasteiger charge is -2.35. The van der Waals surface area contributed by atoms with Crippen LogP contribution in [0.25, 0.3) is 0 Å². The molecular formula is C21H31FN2O2. The van der Waals surface area contributed by atoms with Gasteiger partial charge in [-0.05, 0) is 48.9 Å². The second kappa shape index (κ2) is 9.15. The maximum Gasteiger partial charge on any atom is 0.253 e. The maximum absolute atomic E-state index is 13.0. The quantitative estimate of drug-likeness (QED) is 0.772. The number of nitrogens with zero attached hydrogens (tertiary/aromatic N) is 2. The Labute approximate surface area is 156 Å². The first-order valence-electron chi connectivity index (χ1n) is 9.61. The van der Waals surface area contributed by atoms with Crippen LogP contribution in [0.15, 0.2) is 24.3 Å². The molecule has 1 saturated heterocycles. The zero-order valence-electron chi connectivity index (χ0n) is 16.4. The van der Waals surface area contributed by atoms with Gasteiger partial charge in [0.25, 0.3) is 5.91 Å². The molecule has 0 spiro atoms. The van der Waals surface area contributed by atoms with E-state index in [-0.39, 0.29) is 23.5 Å². The molecule has 0 bridgehead atoms. The second-order valence-electron chi connectivity index (χ2n) is 8.10. The number of hydrogen-bond donors (Lipinski definition) is 0. The van der Waals surface area contributed by atoms with Gasteiger partial charge in [-0.1, -0.05) is 27.7 Å². The van der Waals surface area contributed by atoms with Crippen LogP contribution in [0.3, 0.4) is 0 Å². The van der Waals surface area contributed by atoms with Crippen LogP contribution in [0, 0.1) is 23.6 Å². The van der Waals surface area contributed by atoms with E-state index in [1.165, 1.54) is 24.3 Å². The highest BCUT2D eigenvalue weighted by Gasteiger charge is 2.31. The molecule has 1 aliphatic heterocycles. The van der Waals surface area contributed by atoms with Gasteiger partial charge in [-0.2, -0.15) is 0 Å². The number of carbonyl (C=O) groups is 2. The zero-order chi connectivity index (χ0) is 19.3. The van der Waals surface area contributed by atoms with Crippen molar-refractivity contribution in [3.05, 3.63) is 35.6 Å². The number of hydrogen-bond acceptors (Lipinski definition) is 2. The Bertz CT molecular complexity index is 595. The molecule has 0 radical (unpaired) electrons. The van der Waals surface area contributed by atoms with Crippen LogP contribution in [0.4, 0.5) is 4.39 Å². The summed E-state index contributed by atoms with van der Waals surface area (Å²) < 4.78 is 13.0. The Hall–Kier alpha value is -1.91. The fourth-order valence-corrected chi connectivity index (χ4v) is 3.50. The van der Waals surface area contributed by atoms with E-state index in [4.69, 9.17) is 0 Å². The van der Waals surface area contributed by atoms with Crippen molar-refractivity contribution in [1.29, 1.82) is 0 Å². The number of carbonyl (C=O) groups excluding carboxylic acids is 2. The fraction of sp³-hybridized carbons (Fsp3) is 0.619. The first-order valence-corrected chi connectivity index (χ1v) is 9.61. The second-order valence-corrected chi connectivity index (χ2v) is 8.10. The van der Waals surface area contributed by atoms with Crippen LogP contribution in [-0.4, -0.2) is 47.8 Å². The molecule has 0 saturated carbocycles. The predicted molar refractivity (Wildman–Crippen MR) is 101 cm³/mol. The number of likely N-dealkylation sites (tertiary alicyclic amines) is 1. The number of amides is 2. The lowest BCUT2D eigenvalue weighted by atomic mass is 9.94. The highest BCUT2D eigenvalue weighted by atomic mass is 19.1. The van der Waals surface area contributed by atoms with Crippen molar-refractivity contribution >= 4 is 11.8 Å². The highest BCUT2D eigenvalue weighted by Crippen LogP contribution is 2.22. The van der Waals surface area contributed by atoms with Gasteiger partial charge in [0, 0.05) is 37.7 Å². The van der Waals surface area contributed by atoms with E-state index in [1.54, 1.807) is 4.90 Å². The van der Waals surface area contributed by atoms with Gasteiger partial charge in [-0.25, -0.2) is 4.39 Å². The molecule has 26 heavy (non-hydrogen) atoms. The van der Waals surface area contributed by atoms with Crippen molar-refractivity contribution in [2.75, 3.05) is 26.2 Å². The lowest BCUT2D eigenvalue weighted by molar-refractivity contribution is -0.138. The van der Waals surface area contributed by atoms with Crippen molar-refractivity contribution in [2.24, 2.45) is 17.8 Å². The molecular weight excluding hydrogens is 331 g/mol. The van der Waals surface area contributed by atoms with E-state index in [0.717, 1.165) is 13.1 Å². The Morgan fingerprint density at radius 3 is 2.00 bits per heavy atom. The van der Waals surface area contributed by atoms with Crippen molar-refractivity contribution in [1.82, 2.24) is 9.80 Å². The van der Waals surface area contributed by atoms with Crippen molar-refractivity contribution < 1.29 is 14.0 Å². The Balaban J connectivity index is 1.94. The Morgan fingerprint density at radius 1 is 1.04 bits per heavy atom. The summed E-state index contributed by atoms with van der Waals surface area (Å²) >= 11 is 0. The summed E-state index contributed by atoms with van der Waals surface area (Å²) in [7, 11) is 0. The van der Waals surface area contributed by atoms with Crippen LogP contribution in [0.1, 0.15) is 50.9 Å². The third kappa shape index (κ3) is 5.55. The van der Waals surface area contributed by atoms with Crippen LogP contribution < -0.4 is 0 Å². The first-order chi connectivity index (χ1) is 12.3. The molecule has 0 aromatic heterocycles. The molecule has 0 aliphatic carbocycles. The number of halogens is 1. The predicted octanol–water partition coefficient (Wildman–Crippen LogP) is 3.82. The molecule has 2 amide bonds. The molecule has 1 heterocycles. The van der Waals surface area contributed by atoms with Gasteiger partial charge in [0.1, 0.15) is 5.82 Å². The summed E-state index contributed by atoms with van der Waals surface area (Å²) in [5, 5.41) is 0. The largest absolute Gasteiger partial charge is 0.342 e. The number of benzene rings is 1. The van der Waals surface area contributed by atoms with Gasteiger partial charge in [0.05, 0.1) is 0 Å². The third-order valence-electron chi connectivity index (χ3n) is 4.71. The van der Waals surface area contributed by atoms with E-state index >= 15 is 0 Å². The van der Waals surface area contributed by atoms with Gasteiger partial charge in [-0.3, -0.25) is 9.59 Å². The normalized spacial score (nSPS) is 15.6. The standard InChI is InChI=1S/C21H31FN2O2/c1-15(2)13-24(14-16(3)4)21(26)18-9-11-23(12-10-18)20(25)17-5-7-19(22)8-6-17/h5-8,15-16,18H,9-14H2,1-4H3. The molecule has 1 fully saturated rings. The molecule has 0 N–H and O–H groups in total. The van der Waals surface area contributed by atoms with Gasteiger partial charge < -0.3 is 9.80 Å². The minimum Gasteiger partial charge on any atom is -0.342 e. The van der Waals surface area contributed by atoms with Crippen LogP contribution in [-0.2, 0) is 4.79 Å². The summed E-state index contributed by atoms with van der Waals surface area (Å²) in [6, 6.07) is 5.64. The topological polar surface area (TPSA) is 40.6 Å². The first kappa shape index (κ1) is 20.4. The van der Waals surface area contributed by atoms with Gasteiger partial charge in [-0.15, -0.1) is 0 Å². The van der Waals surface area contributed by atoms with E-state index in [0.29, 0.717) is 43.3 Å². The van der Waals surface area contributed by atoms with E-state index < -0.39 is 0 Å². The van der Waals surface area contributed by atoms with Crippen molar-refractivity contribution in [2.45, 2.75) is 40.5 Å². The average Bonchev–Trinajstić information content (AvgIpc) is 2.60. The minimum atomic E-state index is -0.346. The van der Waals surface area contributed by atoms with Crippen molar-refractivity contribution in [3.8, 4) is 0 Å².